The number of carboxylic acids is 1. The van der Waals surface area contributed by atoms with Crippen molar-refractivity contribution in [3.8, 4) is 0 Å². The van der Waals surface area contributed by atoms with Crippen LogP contribution in [0.2, 0.25) is 0 Å². The Morgan fingerprint density at radius 2 is 1.48 bits per heavy atom. The summed E-state index contributed by atoms with van der Waals surface area (Å²) in [5.74, 6) is -0.769. The van der Waals surface area contributed by atoms with E-state index in [1.54, 1.807) is 0 Å². The van der Waals surface area contributed by atoms with Crippen molar-refractivity contribution in [1.29, 1.82) is 0 Å². The molecule has 0 aliphatic carbocycles. The van der Waals surface area contributed by atoms with E-state index in [-0.39, 0.29) is 18.5 Å². The number of carbonyl (C=O) groups is 1. The molecule has 0 aromatic heterocycles. The van der Waals surface area contributed by atoms with Crippen molar-refractivity contribution in [3.63, 3.8) is 0 Å². The van der Waals surface area contributed by atoms with Crippen LogP contribution < -0.4 is 5.32 Å². The average molecular weight is 283 g/mol. The predicted octanol–water partition coefficient (Wildman–Crippen LogP) is 3.62. The quantitative estimate of drug-likeness (QED) is 0.816. The van der Waals surface area contributed by atoms with Gasteiger partial charge in [0.1, 0.15) is 0 Å². The zero-order valence-electron chi connectivity index (χ0n) is 12.2. The summed E-state index contributed by atoms with van der Waals surface area (Å²) in [6.45, 7) is 2.01. The third-order valence-corrected chi connectivity index (χ3v) is 3.58. The van der Waals surface area contributed by atoms with Crippen LogP contribution in [0, 0.1) is 0 Å². The molecular weight excluding hydrogens is 262 g/mol. The summed E-state index contributed by atoms with van der Waals surface area (Å²) >= 11 is 0. The number of hydrogen-bond donors (Lipinski definition) is 2. The van der Waals surface area contributed by atoms with Crippen LogP contribution in [0.3, 0.4) is 0 Å². The molecule has 0 fully saturated rings. The predicted molar refractivity (Wildman–Crippen MR) is 84.2 cm³/mol. The maximum atomic E-state index is 11.0. The Morgan fingerprint density at radius 3 is 1.86 bits per heavy atom. The van der Waals surface area contributed by atoms with Crippen molar-refractivity contribution in [2.45, 2.75) is 31.8 Å². The maximum Gasteiger partial charge on any atom is 0.304 e. The molecule has 0 saturated heterocycles. The largest absolute Gasteiger partial charge is 0.481 e. The second kappa shape index (κ2) is 7.60. The molecule has 1 atom stereocenters. The lowest BCUT2D eigenvalue weighted by Gasteiger charge is -2.25. The number of aliphatic carboxylic acids is 1. The van der Waals surface area contributed by atoms with E-state index in [0.29, 0.717) is 0 Å². The average Bonchev–Trinajstić information content (AvgIpc) is 2.52. The van der Waals surface area contributed by atoms with E-state index in [2.05, 4.69) is 29.6 Å². The molecule has 0 bridgehead atoms. The van der Waals surface area contributed by atoms with Gasteiger partial charge < -0.3 is 10.4 Å². The van der Waals surface area contributed by atoms with Gasteiger partial charge in [-0.1, -0.05) is 67.6 Å². The molecule has 0 radical (unpaired) electrons. The number of rotatable bonds is 7. The van der Waals surface area contributed by atoms with Crippen LogP contribution in [0.25, 0.3) is 0 Å². The van der Waals surface area contributed by atoms with E-state index in [9.17, 15) is 4.79 Å². The SMILES string of the molecule is CCC(CC(=O)O)NC(c1ccccc1)c1ccccc1. The zero-order chi connectivity index (χ0) is 15.1. The summed E-state index contributed by atoms with van der Waals surface area (Å²) in [4.78, 5) is 11.0. The Labute approximate surface area is 125 Å². The lowest BCUT2D eigenvalue weighted by molar-refractivity contribution is -0.137. The third kappa shape index (κ3) is 4.43. The molecule has 3 heteroatoms. The van der Waals surface area contributed by atoms with E-state index in [1.807, 2.05) is 43.3 Å². The number of benzene rings is 2. The van der Waals surface area contributed by atoms with Crippen LogP contribution in [-0.2, 0) is 4.79 Å². The molecule has 3 nitrogen and oxygen atoms in total. The molecule has 2 aromatic carbocycles. The van der Waals surface area contributed by atoms with Crippen molar-refractivity contribution in [2.75, 3.05) is 0 Å². The highest BCUT2D eigenvalue weighted by atomic mass is 16.4. The molecule has 0 aliphatic rings. The normalized spacial score (nSPS) is 12.3. The van der Waals surface area contributed by atoms with Gasteiger partial charge in [-0.05, 0) is 17.5 Å². The van der Waals surface area contributed by atoms with E-state index in [4.69, 9.17) is 5.11 Å². The van der Waals surface area contributed by atoms with Gasteiger partial charge in [0.25, 0.3) is 0 Å². The van der Waals surface area contributed by atoms with Crippen molar-refractivity contribution in [1.82, 2.24) is 5.32 Å². The molecule has 0 heterocycles. The molecular formula is C18H21NO2. The minimum atomic E-state index is -0.769. The third-order valence-electron chi connectivity index (χ3n) is 3.58. The molecule has 2 aromatic rings. The fourth-order valence-electron chi connectivity index (χ4n) is 2.44. The Bertz CT molecular complexity index is 514. The first kappa shape index (κ1) is 15.3. The van der Waals surface area contributed by atoms with Crippen molar-refractivity contribution in [2.24, 2.45) is 0 Å². The van der Waals surface area contributed by atoms with Crippen LogP contribution in [0.1, 0.15) is 36.9 Å². The van der Waals surface area contributed by atoms with Gasteiger partial charge in [-0.3, -0.25) is 4.79 Å². The van der Waals surface area contributed by atoms with Crippen molar-refractivity contribution >= 4 is 5.97 Å². The summed E-state index contributed by atoms with van der Waals surface area (Å²) in [5.41, 5.74) is 2.29. The van der Waals surface area contributed by atoms with E-state index >= 15 is 0 Å². The summed E-state index contributed by atoms with van der Waals surface area (Å²) in [6.07, 6.45) is 0.912. The van der Waals surface area contributed by atoms with Crippen LogP contribution in [0.4, 0.5) is 0 Å². The highest BCUT2D eigenvalue weighted by Gasteiger charge is 2.19. The lowest BCUT2D eigenvalue weighted by atomic mass is 9.97. The van der Waals surface area contributed by atoms with Gasteiger partial charge in [-0.25, -0.2) is 0 Å². The highest BCUT2D eigenvalue weighted by molar-refractivity contribution is 5.67. The Morgan fingerprint density at radius 1 is 1.00 bits per heavy atom. The topological polar surface area (TPSA) is 49.3 Å². The van der Waals surface area contributed by atoms with E-state index < -0.39 is 5.97 Å². The van der Waals surface area contributed by atoms with Crippen LogP contribution in [-0.4, -0.2) is 17.1 Å². The van der Waals surface area contributed by atoms with Gasteiger partial charge in [-0.15, -0.1) is 0 Å². The molecule has 21 heavy (non-hydrogen) atoms. The summed E-state index contributed by atoms with van der Waals surface area (Å²) < 4.78 is 0. The molecule has 0 aliphatic heterocycles. The maximum absolute atomic E-state index is 11.0. The molecule has 0 spiro atoms. The number of carboxylic acid groups (broad SMARTS) is 1. The molecule has 110 valence electrons. The molecule has 2 rings (SSSR count). The lowest BCUT2D eigenvalue weighted by Crippen LogP contribution is -2.34. The van der Waals surface area contributed by atoms with Gasteiger partial charge in [0, 0.05) is 6.04 Å². The monoisotopic (exact) mass is 283 g/mol. The van der Waals surface area contributed by atoms with Crippen molar-refractivity contribution < 1.29 is 9.90 Å². The fourth-order valence-corrected chi connectivity index (χ4v) is 2.44. The zero-order valence-corrected chi connectivity index (χ0v) is 12.2. The number of nitrogens with one attached hydrogen (secondary N) is 1. The van der Waals surface area contributed by atoms with Gasteiger partial charge in [0.15, 0.2) is 0 Å². The Hall–Kier alpha value is -2.13. The van der Waals surface area contributed by atoms with E-state index in [1.165, 1.54) is 0 Å². The van der Waals surface area contributed by atoms with Gasteiger partial charge in [0.2, 0.25) is 0 Å². The van der Waals surface area contributed by atoms with Gasteiger partial charge in [0.05, 0.1) is 12.5 Å². The van der Waals surface area contributed by atoms with Crippen LogP contribution >= 0.6 is 0 Å². The van der Waals surface area contributed by atoms with Gasteiger partial charge in [-0.2, -0.15) is 0 Å². The smallest absolute Gasteiger partial charge is 0.304 e. The standard InChI is InChI=1S/C18H21NO2/c1-2-16(13-17(20)21)19-18(14-9-5-3-6-10-14)15-11-7-4-8-12-15/h3-12,16,18-19H,2,13H2,1H3,(H,20,21). The van der Waals surface area contributed by atoms with Crippen molar-refractivity contribution in [3.05, 3.63) is 71.8 Å². The summed E-state index contributed by atoms with van der Waals surface area (Å²) in [7, 11) is 0. The minimum Gasteiger partial charge on any atom is -0.481 e. The molecule has 0 amide bonds. The molecule has 0 saturated carbocycles. The van der Waals surface area contributed by atoms with Gasteiger partial charge >= 0.3 is 5.97 Å². The molecule has 1 unspecified atom stereocenters. The van der Waals surface area contributed by atoms with Crippen LogP contribution in [0.5, 0.6) is 0 Å². The minimum absolute atomic E-state index is 0.0108. The first-order chi connectivity index (χ1) is 10.2. The highest BCUT2D eigenvalue weighted by Crippen LogP contribution is 2.23. The second-order valence-electron chi connectivity index (χ2n) is 5.12. The second-order valence-corrected chi connectivity index (χ2v) is 5.12. The fraction of sp³-hybridized carbons (Fsp3) is 0.278. The first-order valence-electron chi connectivity index (χ1n) is 7.28. The first-order valence-corrected chi connectivity index (χ1v) is 7.28. The Balaban J connectivity index is 2.26. The van der Waals surface area contributed by atoms with Crippen LogP contribution in [0.15, 0.2) is 60.7 Å². The summed E-state index contributed by atoms with van der Waals surface area (Å²) in [5, 5.41) is 12.5. The summed E-state index contributed by atoms with van der Waals surface area (Å²) in [6, 6.07) is 20.2. The number of hydrogen-bond acceptors (Lipinski definition) is 2. The van der Waals surface area contributed by atoms with E-state index in [0.717, 1.165) is 17.5 Å². The molecule has 2 N–H and O–H groups in total. The Kier molecular flexibility index (Phi) is 5.52.